The molecule has 150 valence electrons. The predicted molar refractivity (Wildman–Crippen MR) is 90.2 cm³/mol. The molecule has 9 heteroatoms. The largest absolute Gasteiger partial charge is 0.472 e. The van der Waals surface area contributed by atoms with Gasteiger partial charge < -0.3 is 14.2 Å². The number of halogens is 4. The van der Waals surface area contributed by atoms with Crippen molar-refractivity contribution < 1.29 is 36.6 Å². The second-order valence-electron chi connectivity index (χ2n) is 6.06. The average molecular weight is 399 g/mol. The molecule has 28 heavy (non-hydrogen) atoms. The van der Waals surface area contributed by atoms with Crippen LogP contribution in [0.3, 0.4) is 0 Å². The van der Waals surface area contributed by atoms with E-state index in [-0.39, 0.29) is 30.4 Å². The Balaban J connectivity index is 2.03. The summed E-state index contributed by atoms with van der Waals surface area (Å²) in [6.07, 6.45) is -0.0393. The van der Waals surface area contributed by atoms with Crippen molar-refractivity contribution in [3.05, 3.63) is 47.2 Å². The molecule has 0 amide bonds. The summed E-state index contributed by atoms with van der Waals surface area (Å²) in [5.41, 5.74) is 0.733. The predicted octanol–water partition coefficient (Wildman–Crippen LogP) is 4.14. The van der Waals surface area contributed by atoms with Crippen LogP contribution in [0.15, 0.2) is 24.3 Å². The molecule has 1 aromatic heterocycles. The highest BCUT2D eigenvalue weighted by molar-refractivity contribution is 5.90. The molecule has 1 aliphatic rings. The van der Waals surface area contributed by atoms with Crippen molar-refractivity contribution in [2.24, 2.45) is 0 Å². The van der Waals surface area contributed by atoms with Crippen LogP contribution >= 0.6 is 0 Å². The van der Waals surface area contributed by atoms with Gasteiger partial charge in [0.05, 0.1) is 13.2 Å². The van der Waals surface area contributed by atoms with E-state index in [4.69, 9.17) is 9.47 Å². The van der Waals surface area contributed by atoms with E-state index in [1.54, 1.807) is 6.92 Å². The normalized spacial score (nSPS) is 15.9. The number of benzene rings is 1. The maximum absolute atomic E-state index is 14.4. The highest BCUT2D eigenvalue weighted by atomic mass is 19.3. The SMILES string of the molecule is CCOC(=O)c1cc(-c2ccc(F)cc2F)c2c(n1)OC(COC(F)F)CC2. The van der Waals surface area contributed by atoms with Crippen molar-refractivity contribution in [1.29, 1.82) is 0 Å². The number of alkyl halides is 2. The number of hydrogen-bond donors (Lipinski definition) is 0. The first-order chi connectivity index (χ1) is 13.4. The first-order valence-electron chi connectivity index (χ1n) is 8.62. The number of hydrogen-bond acceptors (Lipinski definition) is 5. The minimum absolute atomic E-state index is 0.0124. The van der Waals surface area contributed by atoms with Crippen molar-refractivity contribution in [1.82, 2.24) is 4.98 Å². The van der Waals surface area contributed by atoms with Crippen LogP contribution < -0.4 is 4.74 Å². The first kappa shape index (κ1) is 20.1. The van der Waals surface area contributed by atoms with E-state index in [1.165, 1.54) is 12.1 Å². The van der Waals surface area contributed by atoms with Gasteiger partial charge in [-0.1, -0.05) is 0 Å². The van der Waals surface area contributed by atoms with Crippen molar-refractivity contribution >= 4 is 5.97 Å². The monoisotopic (exact) mass is 399 g/mol. The van der Waals surface area contributed by atoms with Gasteiger partial charge in [-0.2, -0.15) is 8.78 Å². The molecular weight excluding hydrogens is 382 g/mol. The third-order valence-corrected chi connectivity index (χ3v) is 4.19. The Hall–Kier alpha value is -2.68. The van der Waals surface area contributed by atoms with Gasteiger partial charge in [-0.05, 0) is 43.5 Å². The lowest BCUT2D eigenvalue weighted by atomic mass is 9.94. The minimum Gasteiger partial charge on any atom is -0.472 e. The van der Waals surface area contributed by atoms with E-state index in [0.717, 1.165) is 12.1 Å². The summed E-state index contributed by atoms with van der Waals surface area (Å²) in [4.78, 5) is 16.2. The maximum atomic E-state index is 14.4. The summed E-state index contributed by atoms with van der Waals surface area (Å²) >= 11 is 0. The molecule has 3 rings (SSSR count). The molecule has 2 heterocycles. The third-order valence-electron chi connectivity index (χ3n) is 4.19. The van der Waals surface area contributed by atoms with Crippen LogP contribution in [0.5, 0.6) is 5.88 Å². The van der Waals surface area contributed by atoms with Gasteiger partial charge in [0.15, 0.2) is 5.69 Å². The number of pyridine rings is 1. The van der Waals surface area contributed by atoms with E-state index < -0.39 is 30.3 Å². The zero-order valence-electron chi connectivity index (χ0n) is 14.9. The van der Waals surface area contributed by atoms with Gasteiger partial charge in [-0.3, -0.25) is 0 Å². The molecule has 0 aliphatic carbocycles. The van der Waals surface area contributed by atoms with Gasteiger partial charge in [-0.15, -0.1) is 0 Å². The van der Waals surface area contributed by atoms with Crippen LogP contribution in [-0.2, 0) is 15.9 Å². The maximum Gasteiger partial charge on any atom is 0.357 e. The second-order valence-corrected chi connectivity index (χ2v) is 6.06. The van der Waals surface area contributed by atoms with E-state index >= 15 is 0 Å². The molecule has 0 radical (unpaired) electrons. The summed E-state index contributed by atoms with van der Waals surface area (Å²) < 4.78 is 67.0. The van der Waals surface area contributed by atoms with Crippen molar-refractivity contribution in [2.45, 2.75) is 32.5 Å². The van der Waals surface area contributed by atoms with E-state index in [2.05, 4.69) is 9.72 Å². The molecule has 0 bridgehead atoms. The van der Waals surface area contributed by atoms with Gasteiger partial charge in [0, 0.05) is 17.2 Å². The molecule has 2 aromatic rings. The third kappa shape index (κ3) is 4.41. The number of aromatic nitrogens is 1. The lowest BCUT2D eigenvalue weighted by Gasteiger charge is -2.27. The quantitative estimate of drug-likeness (QED) is 0.540. The Morgan fingerprint density at radius 1 is 1.29 bits per heavy atom. The first-order valence-corrected chi connectivity index (χ1v) is 8.62. The summed E-state index contributed by atoms with van der Waals surface area (Å²) in [6, 6.07) is 4.43. The molecule has 0 N–H and O–H groups in total. The van der Waals surface area contributed by atoms with Crippen molar-refractivity contribution in [3.63, 3.8) is 0 Å². The van der Waals surface area contributed by atoms with Gasteiger partial charge in [-0.25, -0.2) is 18.6 Å². The highest BCUT2D eigenvalue weighted by Gasteiger charge is 2.28. The number of carbonyl (C=O) groups excluding carboxylic acids is 1. The van der Waals surface area contributed by atoms with Gasteiger partial charge in [0.1, 0.15) is 17.7 Å². The molecule has 1 aromatic carbocycles. The van der Waals surface area contributed by atoms with Crippen molar-refractivity contribution in [3.8, 4) is 17.0 Å². The molecule has 1 aliphatic heterocycles. The number of ether oxygens (including phenoxy) is 3. The summed E-state index contributed by atoms with van der Waals surface area (Å²) in [5, 5.41) is 0. The standard InChI is InChI=1S/C19H17F4NO4/c1-2-26-18(25)16-8-14(12-5-3-10(20)7-15(12)21)13-6-4-11(9-27-19(22)23)28-17(13)24-16/h3,5,7-8,11,19H,2,4,6,9H2,1H3. The fraction of sp³-hybridized carbons (Fsp3) is 0.368. The zero-order chi connectivity index (χ0) is 20.3. The van der Waals surface area contributed by atoms with Crippen LogP contribution in [0.1, 0.15) is 29.4 Å². The number of nitrogens with zero attached hydrogens (tertiary/aromatic N) is 1. The Labute approximate surface area is 158 Å². The van der Waals surface area contributed by atoms with E-state index in [9.17, 15) is 22.4 Å². The van der Waals surface area contributed by atoms with E-state index in [0.29, 0.717) is 24.0 Å². The fourth-order valence-corrected chi connectivity index (χ4v) is 2.96. The molecule has 1 unspecified atom stereocenters. The lowest BCUT2D eigenvalue weighted by Crippen LogP contribution is -2.30. The van der Waals surface area contributed by atoms with Crippen LogP contribution in [0.25, 0.3) is 11.1 Å². The van der Waals surface area contributed by atoms with Crippen molar-refractivity contribution in [2.75, 3.05) is 13.2 Å². The molecular formula is C19H17F4NO4. The molecule has 0 saturated carbocycles. The van der Waals surface area contributed by atoms with Gasteiger partial charge in [0.25, 0.3) is 0 Å². The molecule has 0 spiro atoms. The van der Waals surface area contributed by atoms with Gasteiger partial charge in [0.2, 0.25) is 5.88 Å². The Kier molecular flexibility index (Phi) is 6.13. The lowest BCUT2D eigenvalue weighted by molar-refractivity contribution is -0.146. The summed E-state index contributed by atoms with van der Waals surface area (Å²) in [7, 11) is 0. The minimum atomic E-state index is -2.94. The number of rotatable bonds is 6. The topological polar surface area (TPSA) is 57.7 Å². The Bertz CT molecular complexity index is 875. The molecule has 0 saturated heterocycles. The smallest absolute Gasteiger partial charge is 0.357 e. The van der Waals surface area contributed by atoms with Crippen LogP contribution in [0.4, 0.5) is 17.6 Å². The molecule has 1 atom stereocenters. The highest BCUT2D eigenvalue weighted by Crippen LogP contribution is 2.37. The number of esters is 1. The average Bonchev–Trinajstić information content (AvgIpc) is 2.65. The summed E-state index contributed by atoms with van der Waals surface area (Å²) in [5.74, 6) is -2.29. The Morgan fingerprint density at radius 3 is 2.75 bits per heavy atom. The molecule has 0 fully saturated rings. The van der Waals surface area contributed by atoms with E-state index in [1.807, 2.05) is 0 Å². The van der Waals surface area contributed by atoms with Gasteiger partial charge >= 0.3 is 12.6 Å². The second kappa shape index (κ2) is 8.55. The number of fused-ring (bicyclic) bond motifs is 1. The Morgan fingerprint density at radius 2 is 2.07 bits per heavy atom. The van der Waals surface area contributed by atoms with Crippen LogP contribution in [-0.4, -0.2) is 36.9 Å². The van der Waals surface area contributed by atoms with Crippen LogP contribution in [0, 0.1) is 11.6 Å². The van der Waals surface area contributed by atoms with Crippen LogP contribution in [0.2, 0.25) is 0 Å². The summed E-state index contributed by atoms with van der Waals surface area (Å²) in [6.45, 7) is -1.58. The fourth-order valence-electron chi connectivity index (χ4n) is 2.96. The molecule has 5 nitrogen and oxygen atoms in total. The number of carbonyl (C=O) groups is 1. The zero-order valence-corrected chi connectivity index (χ0v) is 14.9.